The first-order valence-corrected chi connectivity index (χ1v) is 13.0. The molecule has 0 saturated carbocycles. The van der Waals surface area contributed by atoms with Gasteiger partial charge in [-0.2, -0.15) is 0 Å². The molecular formula is C26H34N4O4S. The van der Waals surface area contributed by atoms with Gasteiger partial charge in [0.15, 0.2) is 5.17 Å². The Balaban J connectivity index is 1.56. The number of allylic oxidation sites excluding steroid dienone is 1. The fourth-order valence-electron chi connectivity index (χ4n) is 4.60. The van der Waals surface area contributed by atoms with Crippen LogP contribution in [-0.4, -0.2) is 66.2 Å². The minimum atomic E-state index is -0.446. The Bertz CT molecular complexity index is 1040. The largest absolute Gasteiger partial charge is 0.497 e. The van der Waals surface area contributed by atoms with Crippen LogP contribution in [0.4, 0.5) is 0 Å². The normalized spacial score (nSPS) is 20.0. The molecule has 0 bridgehead atoms. The van der Waals surface area contributed by atoms with Crippen LogP contribution in [0.25, 0.3) is 0 Å². The van der Waals surface area contributed by atoms with E-state index in [0.717, 1.165) is 41.8 Å². The average molecular weight is 499 g/mol. The molecule has 0 aromatic heterocycles. The molecule has 1 saturated heterocycles. The Morgan fingerprint density at radius 1 is 1.20 bits per heavy atom. The Morgan fingerprint density at radius 3 is 2.57 bits per heavy atom. The summed E-state index contributed by atoms with van der Waals surface area (Å²) in [6, 6.07) is 7.19. The first-order valence-electron chi connectivity index (χ1n) is 12.2. The zero-order chi connectivity index (χ0) is 24.9. The SMILES string of the molecule is COc1ccc(C2C(C(=O)OC(C)C)=C(C)N=C3SC=C(CC(=O)NCCN4CCCC4)N32)cc1. The van der Waals surface area contributed by atoms with Crippen LogP contribution in [0.5, 0.6) is 5.75 Å². The van der Waals surface area contributed by atoms with Crippen LogP contribution in [0.3, 0.4) is 0 Å². The van der Waals surface area contributed by atoms with Gasteiger partial charge in [-0.15, -0.1) is 0 Å². The quantitative estimate of drug-likeness (QED) is 0.518. The molecule has 3 heterocycles. The highest BCUT2D eigenvalue weighted by molar-refractivity contribution is 8.16. The first kappa shape index (κ1) is 25.3. The van der Waals surface area contributed by atoms with Crippen molar-refractivity contribution in [2.24, 2.45) is 4.99 Å². The number of esters is 1. The number of benzene rings is 1. The molecule has 1 aromatic rings. The maximum atomic E-state index is 13.2. The standard InChI is InChI=1S/C26H34N4O4S/c1-17(2)34-25(32)23-18(3)28-26-30(24(23)19-7-9-21(33-4)10-8-19)20(16-35-26)15-22(31)27-11-14-29-12-5-6-13-29/h7-10,16-17,24H,5-6,11-15H2,1-4H3,(H,27,31). The third-order valence-corrected chi connectivity index (χ3v) is 7.17. The number of nitrogens with zero attached hydrogens (tertiary/aromatic N) is 3. The van der Waals surface area contributed by atoms with Crippen molar-refractivity contribution in [3.8, 4) is 5.75 Å². The van der Waals surface area contributed by atoms with Crippen LogP contribution in [0.2, 0.25) is 0 Å². The van der Waals surface area contributed by atoms with E-state index in [1.54, 1.807) is 7.11 Å². The van der Waals surface area contributed by atoms with Crippen molar-refractivity contribution >= 4 is 28.8 Å². The van der Waals surface area contributed by atoms with Gasteiger partial charge in [0.05, 0.1) is 36.9 Å². The summed E-state index contributed by atoms with van der Waals surface area (Å²) in [5.74, 6) is 0.296. The zero-order valence-electron chi connectivity index (χ0n) is 20.9. The van der Waals surface area contributed by atoms with Gasteiger partial charge in [0, 0.05) is 18.8 Å². The minimum absolute atomic E-state index is 0.0386. The molecule has 3 aliphatic heterocycles. The van der Waals surface area contributed by atoms with E-state index in [9.17, 15) is 9.59 Å². The van der Waals surface area contributed by atoms with E-state index in [-0.39, 0.29) is 18.4 Å². The first-order chi connectivity index (χ1) is 16.9. The molecule has 4 rings (SSSR count). The number of carbonyl (C=O) groups is 2. The van der Waals surface area contributed by atoms with E-state index < -0.39 is 12.0 Å². The molecule has 1 aromatic carbocycles. The smallest absolute Gasteiger partial charge is 0.338 e. The molecule has 1 fully saturated rings. The van der Waals surface area contributed by atoms with Crippen molar-refractivity contribution in [1.29, 1.82) is 0 Å². The Labute approximate surface area is 211 Å². The number of nitrogens with one attached hydrogen (secondary N) is 1. The highest BCUT2D eigenvalue weighted by atomic mass is 32.2. The monoisotopic (exact) mass is 498 g/mol. The number of ether oxygens (including phenoxy) is 2. The van der Waals surface area contributed by atoms with Crippen LogP contribution >= 0.6 is 11.8 Å². The molecule has 1 N–H and O–H groups in total. The van der Waals surface area contributed by atoms with Gasteiger partial charge < -0.3 is 24.6 Å². The number of amides is 1. The summed E-state index contributed by atoms with van der Waals surface area (Å²) in [4.78, 5) is 35.1. The molecule has 0 spiro atoms. The molecule has 3 aliphatic rings. The second-order valence-electron chi connectivity index (χ2n) is 9.20. The summed E-state index contributed by atoms with van der Waals surface area (Å²) in [6.45, 7) is 9.21. The number of thioether (sulfide) groups is 1. The van der Waals surface area contributed by atoms with Crippen LogP contribution < -0.4 is 10.1 Å². The summed E-state index contributed by atoms with van der Waals surface area (Å²) in [5, 5.41) is 5.76. The van der Waals surface area contributed by atoms with E-state index in [1.807, 2.05) is 55.3 Å². The highest BCUT2D eigenvalue weighted by Crippen LogP contribution is 2.45. The van der Waals surface area contributed by atoms with Crippen molar-refractivity contribution in [3.63, 3.8) is 0 Å². The van der Waals surface area contributed by atoms with Crippen LogP contribution in [0.15, 0.2) is 51.6 Å². The third kappa shape index (κ3) is 5.90. The molecule has 1 unspecified atom stereocenters. The van der Waals surface area contributed by atoms with E-state index in [1.165, 1.54) is 24.6 Å². The van der Waals surface area contributed by atoms with Gasteiger partial charge >= 0.3 is 5.97 Å². The zero-order valence-corrected chi connectivity index (χ0v) is 21.7. The van der Waals surface area contributed by atoms with E-state index in [4.69, 9.17) is 14.5 Å². The number of aliphatic imine (C=N–C) groups is 1. The molecule has 0 aliphatic carbocycles. The molecule has 8 nitrogen and oxygen atoms in total. The molecule has 9 heteroatoms. The van der Waals surface area contributed by atoms with E-state index in [2.05, 4.69) is 10.2 Å². The number of carbonyl (C=O) groups excluding carboxylic acids is 2. The summed E-state index contributed by atoms with van der Waals surface area (Å²) < 4.78 is 10.9. The fourth-order valence-corrected chi connectivity index (χ4v) is 5.56. The summed E-state index contributed by atoms with van der Waals surface area (Å²) in [7, 11) is 1.62. The van der Waals surface area contributed by atoms with Crippen molar-refractivity contribution in [2.75, 3.05) is 33.3 Å². The lowest BCUT2D eigenvalue weighted by atomic mass is 9.93. The number of fused-ring (bicyclic) bond motifs is 1. The van der Waals surface area contributed by atoms with Crippen molar-refractivity contribution in [1.82, 2.24) is 15.1 Å². The topological polar surface area (TPSA) is 83.5 Å². The van der Waals surface area contributed by atoms with Crippen LogP contribution in [-0.2, 0) is 14.3 Å². The van der Waals surface area contributed by atoms with Crippen LogP contribution in [0, 0.1) is 0 Å². The Hall–Kier alpha value is -2.78. The van der Waals surface area contributed by atoms with Gasteiger partial charge in [-0.05, 0) is 69.8 Å². The summed E-state index contributed by atoms with van der Waals surface area (Å²) >= 11 is 1.47. The summed E-state index contributed by atoms with van der Waals surface area (Å²) in [6.07, 6.45) is 2.42. The number of rotatable bonds is 9. The van der Waals surface area contributed by atoms with Crippen molar-refractivity contribution in [2.45, 2.75) is 52.2 Å². The molecule has 188 valence electrons. The van der Waals surface area contributed by atoms with Crippen molar-refractivity contribution in [3.05, 3.63) is 52.2 Å². The second kappa shape index (κ2) is 11.3. The van der Waals surface area contributed by atoms with E-state index >= 15 is 0 Å². The van der Waals surface area contributed by atoms with Gasteiger partial charge in [-0.3, -0.25) is 4.79 Å². The van der Waals surface area contributed by atoms with Crippen LogP contribution in [0.1, 0.15) is 51.6 Å². The van der Waals surface area contributed by atoms with Gasteiger partial charge in [0.1, 0.15) is 5.75 Å². The molecule has 1 atom stereocenters. The lowest BCUT2D eigenvalue weighted by molar-refractivity contribution is -0.143. The number of hydrogen-bond donors (Lipinski definition) is 1. The number of hydrogen-bond acceptors (Lipinski definition) is 8. The third-order valence-electron chi connectivity index (χ3n) is 6.29. The van der Waals surface area contributed by atoms with Gasteiger partial charge in [-0.25, -0.2) is 9.79 Å². The minimum Gasteiger partial charge on any atom is -0.497 e. The van der Waals surface area contributed by atoms with Gasteiger partial charge in [0.2, 0.25) is 5.91 Å². The van der Waals surface area contributed by atoms with Gasteiger partial charge in [-0.1, -0.05) is 23.9 Å². The average Bonchev–Trinajstić information content (AvgIpc) is 3.48. The lowest BCUT2D eigenvalue weighted by Crippen LogP contribution is -2.39. The Morgan fingerprint density at radius 2 is 1.91 bits per heavy atom. The molecule has 35 heavy (non-hydrogen) atoms. The summed E-state index contributed by atoms with van der Waals surface area (Å²) in [5.41, 5.74) is 2.82. The Kier molecular flexibility index (Phi) is 8.18. The fraction of sp³-hybridized carbons (Fsp3) is 0.500. The van der Waals surface area contributed by atoms with E-state index in [0.29, 0.717) is 17.8 Å². The predicted molar refractivity (Wildman–Crippen MR) is 138 cm³/mol. The predicted octanol–water partition coefficient (Wildman–Crippen LogP) is 3.82. The second-order valence-corrected chi connectivity index (χ2v) is 10.0. The number of likely N-dealkylation sites (tertiary alicyclic amines) is 1. The maximum Gasteiger partial charge on any atom is 0.338 e. The molecule has 0 radical (unpaired) electrons. The van der Waals surface area contributed by atoms with Crippen molar-refractivity contribution < 1.29 is 19.1 Å². The van der Waals surface area contributed by atoms with Gasteiger partial charge in [0.25, 0.3) is 0 Å². The number of amidine groups is 1. The molecule has 1 amide bonds. The molecular weight excluding hydrogens is 464 g/mol. The number of methoxy groups -OCH3 is 1. The maximum absolute atomic E-state index is 13.2. The lowest BCUT2D eigenvalue weighted by Gasteiger charge is -2.36. The highest BCUT2D eigenvalue weighted by Gasteiger charge is 2.41.